The van der Waals surface area contributed by atoms with Gasteiger partial charge in [0.05, 0.1) is 5.56 Å². The van der Waals surface area contributed by atoms with Crippen LogP contribution >= 0.6 is 0 Å². The van der Waals surface area contributed by atoms with Crippen molar-refractivity contribution in [2.24, 2.45) is 5.16 Å². The second-order valence-corrected chi connectivity index (χ2v) is 4.46. The maximum absolute atomic E-state index is 12.6. The summed E-state index contributed by atoms with van der Waals surface area (Å²) in [6.45, 7) is 1.19. The molecule has 0 aromatic heterocycles. The number of benzene rings is 2. The van der Waals surface area contributed by atoms with Gasteiger partial charge < -0.3 is 4.84 Å². The summed E-state index contributed by atoms with van der Waals surface area (Å²) in [6, 6.07) is 13.2. The van der Waals surface area contributed by atoms with Crippen LogP contribution in [0.25, 0.3) is 0 Å². The van der Waals surface area contributed by atoms with Crippen LogP contribution in [-0.2, 0) is 15.8 Å². The number of halogens is 3. The van der Waals surface area contributed by atoms with Gasteiger partial charge in [0.1, 0.15) is 5.71 Å². The van der Waals surface area contributed by atoms with Gasteiger partial charge in [-0.2, -0.15) is 13.2 Å². The quantitative estimate of drug-likeness (QED) is 0.488. The molecule has 0 aliphatic carbocycles. The maximum atomic E-state index is 12.6. The van der Waals surface area contributed by atoms with Crippen molar-refractivity contribution >= 4 is 11.7 Å². The summed E-state index contributed by atoms with van der Waals surface area (Å²) < 4.78 is 37.8. The highest BCUT2D eigenvalue weighted by Gasteiger charge is 2.30. The van der Waals surface area contributed by atoms with Gasteiger partial charge in [-0.3, -0.25) is 0 Å². The van der Waals surface area contributed by atoms with Crippen LogP contribution in [0.4, 0.5) is 13.2 Å². The van der Waals surface area contributed by atoms with E-state index in [9.17, 15) is 18.0 Å². The van der Waals surface area contributed by atoms with Crippen molar-refractivity contribution in [1.29, 1.82) is 0 Å². The Balaban J connectivity index is 2.42. The zero-order valence-corrected chi connectivity index (χ0v) is 11.6. The predicted molar refractivity (Wildman–Crippen MR) is 75.3 cm³/mol. The van der Waals surface area contributed by atoms with Crippen molar-refractivity contribution in [3.63, 3.8) is 0 Å². The molecule has 0 spiro atoms. The molecule has 0 N–H and O–H groups in total. The van der Waals surface area contributed by atoms with E-state index in [-0.39, 0.29) is 5.71 Å². The Labute approximate surface area is 125 Å². The van der Waals surface area contributed by atoms with E-state index >= 15 is 0 Å². The first-order chi connectivity index (χ1) is 10.4. The molecule has 2 rings (SSSR count). The lowest BCUT2D eigenvalue weighted by Crippen LogP contribution is -2.08. The third kappa shape index (κ3) is 3.94. The molecule has 0 heterocycles. The predicted octanol–water partition coefficient (Wildman–Crippen LogP) is 4.02. The summed E-state index contributed by atoms with van der Waals surface area (Å²) in [5.41, 5.74) is 0.574. The SMILES string of the molecule is CC(=O)ON=C(c1ccccc1)c1ccc(C(F)(F)F)cc1. The van der Waals surface area contributed by atoms with Gasteiger partial charge in [0.15, 0.2) is 0 Å². The Morgan fingerprint density at radius 2 is 1.50 bits per heavy atom. The third-order valence-corrected chi connectivity index (χ3v) is 2.80. The molecule has 0 saturated carbocycles. The maximum Gasteiger partial charge on any atom is 0.416 e. The number of hydrogen-bond donors (Lipinski definition) is 0. The lowest BCUT2D eigenvalue weighted by atomic mass is 10.0. The van der Waals surface area contributed by atoms with Crippen LogP contribution in [-0.4, -0.2) is 11.7 Å². The fourth-order valence-corrected chi connectivity index (χ4v) is 1.80. The average molecular weight is 307 g/mol. The van der Waals surface area contributed by atoms with Gasteiger partial charge in [0.25, 0.3) is 0 Å². The summed E-state index contributed by atoms with van der Waals surface area (Å²) >= 11 is 0. The van der Waals surface area contributed by atoms with Crippen molar-refractivity contribution in [2.75, 3.05) is 0 Å². The molecule has 2 aromatic rings. The largest absolute Gasteiger partial charge is 0.416 e. The first-order valence-corrected chi connectivity index (χ1v) is 6.36. The number of hydrogen-bond acceptors (Lipinski definition) is 3. The van der Waals surface area contributed by atoms with Crippen molar-refractivity contribution in [3.05, 3.63) is 71.3 Å². The average Bonchev–Trinajstić information content (AvgIpc) is 2.48. The van der Waals surface area contributed by atoms with Gasteiger partial charge in [-0.25, -0.2) is 4.79 Å². The minimum Gasteiger partial charge on any atom is -0.318 e. The Morgan fingerprint density at radius 3 is 2.00 bits per heavy atom. The second-order valence-electron chi connectivity index (χ2n) is 4.46. The molecule has 22 heavy (non-hydrogen) atoms. The molecule has 6 heteroatoms. The van der Waals surface area contributed by atoms with E-state index in [0.29, 0.717) is 11.1 Å². The third-order valence-electron chi connectivity index (χ3n) is 2.80. The number of nitrogens with zero attached hydrogens (tertiary/aromatic N) is 1. The normalized spacial score (nSPS) is 12.1. The topological polar surface area (TPSA) is 38.7 Å². The smallest absolute Gasteiger partial charge is 0.318 e. The molecular formula is C16H12F3NO2. The van der Waals surface area contributed by atoms with E-state index < -0.39 is 17.7 Å². The van der Waals surface area contributed by atoms with Crippen molar-refractivity contribution in [1.82, 2.24) is 0 Å². The van der Waals surface area contributed by atoms with Crippen LogP contribution in [0.3, 0.4) is 0 Å². The van der Waals surface area contributed by atoms with E-state index in [2.05, 4.69) is 9.99 Å². The molecule has 2 aromatic carbocycles. The summed E-state index contributed by atoms with van der Waals surface area (Å²) in [6.07, 6.45) is -4.40. The number of alkyl halides is 3. The molecule has 0 atom stereocenters. The Bertz CT molecular complexity index is 677. The van der Waals surface area contributed by atoms with Crippen molar-refractivity contribution in [2.45, 2.75) is 13.1 Å². The number of oxime groups is 1. The van der Waals surface area contributed by atoms with Crippen LogP contribution < -0.4 is 0 Å². The zero-order chi connectivity index (χ0) is 16.2. The standard InChI is InChI=1S/C16H12F3NO2/c1-11(21)22-20-15(12-5-3-2-4-6-12)13-7-9-14(10-8-13)16(17,18)19/h2-10H,1H3. The van der Waals surface area contributed by atoms with Gasteiger partial charge in [-0.1, -0.05) is 47.6 Å². The molecule has 3 nitrogen and oxygen atoms in total. The van der Waals surface area contributed by atoms with Gasteiger partial charge in [-0.05, 0) is 12.1 Å². The lowest BCUT2D eigenvalue weighted by Gasteiger charge is -2.09. The molecule has 0 radical (unpaired) electrons. The summed E-state index contributed by atoms with van der Waals surface area (Å²) in [5, 5.41) is 3.74. The molecule has 0 fully saturated rings. The molecule has 0 unspecified atom stereocenters. The summed E-state index contributed by atoms with van der Waals surface area (Å²) in [4.78, 5) is 15.6. The van der Waals surface area contributed by atoms with Crippen LogP contribution in [0.1, 0.15) is 23.6 Å². The summed E-state index contributed by atoms with van der Waals surface area (Å²) in [7, 11) is 0. The molecule has 0 saturated heterocycles. The second kappa shape index (κ2) is 6.43. The molecular weight excluding hydrogens is 295 g/mol. The van der Waals surface area contributed by atoms with E-state index in [1.165, 1.54) is 19.1 Å². The first-order valence-electron chi connectivity index (χ1n) is 6.36. The Kier molecular flexibility index (Phi) is 4.60. The van der Waals surface area contributed by atoms with E-state index in [0.717, 1.165) is 12.1 Å². The number of carbonyl (C=O) groups is 1. The van der Waals surface area contributed by atoms with Crippen LogP contribution in [0.2, 0.25) is 0 Å². The van der Waals surface area contributed by atoms with Crippen LogP contribution in [0.15, 0.2) is 59.8 Å². The number of carbonyl (C=O) groups excluding carboxylic acids is 1. The molecule has 0 amide bonds. The fraction of sp³-hybridized carbons (Fsp3) is 0.125. The minimum absolute atomic E-state index is 0.282. The highest BCUT2D eigenvalue weighted by Crippen LogP contribution is 2.29. The first kappa shape index (κ1) is 15.8. The van der Waals surface area contributed by atoms with E-state index in [4.69, 9.17) is 0 Å². The Morgan fingerprint density at radius 1 is 0.955 bits per heavy atom. The van der Waals surface area contributed by atoms with E-state index in [1.54, 1.807) is 30.3 Å². The molecule has 0 aliphatic heterocycles. The fourth-order valence-electron chi connectivity index (χ4n) is 1.80. The molecule has 114 valence electrons. The lowest BCUT2D eigenvalue weighted by molar-refractivity contribution is -0.141. The van der Waals surface area contributed by atoms with Crippen LogP contribution in [0.5, 0.6) is 0 Å². The Hall–Kier alpha value is -2.63. The molecule has 0 aliphatic rings. The summed E-state index contributed by atoms with van der Waals surface area (Å²) in [5.74, 6) is -0.611. The highest BCUT2D eigenvalue weighted by molar-refractivity contribution is 6.12. The van der Waals surface area contributed by atoms with Gasteiger partial charge in [-0.15, -0.1) is 0 Å². The van der Waals surface area contributed by atoms with Gasteiger partial charge in [0.2, 0.25) is 0 Å². The number of rotatable bonds is 3. The van der Waals surface area contributed by atoms with Crippen molar-refractivity contribution < 1.29 is 22.8 Å². The molecule has 0 bridgehead atoms. The van der Waals surface area contributed by atoms with Gasteiger partial charge in [0, 0.05) is 18.1 Å². The van der Waals surface area contributed by atoms with Crippen molar-refractivity contribution in [3.8, 4) is 0 Å². The van der Waals surface area contributed by atoms with E-state index in [1.807, 2.05) is 0 Å². The highest BCUT2D eigenvalue weighted by atomic mass is 19.4. The van der Waals surface area contributed by atoms with Crippen LogP contribution in [0, 0.1) is 0 Å². The minimum atomic E-state index is -4.40. The van der Waals surface area contributed by atoms with Gasteiger partial charge >= 0.3 is 12.1 Å². The monoisotopic (exact) mass is 307 g/mol. The zero-order valence-electron chi connectivity index (χ0n) is 11.6.